The number of sulfonamides is 1. The van der Waals surface area contributed by atoms with Crippen molar-refractivity contribution in [2.24, 2.45) is 5.92 Å². The summed E-state index contributed by atoms with van der Waals surface area (Å²) >= 11 is 0. The lowest BCUT2D eigenvalue weighted by Gasteiger charge is -2.29. The van der Waals surface area contributed by atoms with Gasteiger partial charge in [-0.2, -0.15) is 4.31 Å². The molecule has 0 spiro atoms. The zero-order valence-corrected chi connectivity index (χ0v) is 14.7. The van der Waals surface area contributed by atoms with E-state index in [2.05, 4.69) is 4.74 Å². The number of aliphatic carboxylic acids is 1. The number of ether oxygens (including phenoxy) is 2. The van der Waals surface area contributed by atoms with Gasteiger partial charge >= 0.3 is 11.9 Å². The third-order valence-electron chi connectivity index (χ3n) is 4.07. The minimum Gasteiger partial charge on any atom is -0.493 e. The molecule has 0 saturated carbocycles. The molecule has 0 radical (unpaired) electrons. The third-order valence-corrected chi connectivity index (χ3v) is 5.98. The largest absolute Gasteiger partial charge is 0.493 e. The number of piperidine rings is 1. The second kappa shape index (κ2) is 8.30. The lowest BCUT2D eigenvalue weighted by Crippen LogP contribution is -2.40. The molecule has 1 N–H and O–H groups in total. The van der Waals surface area contributed by atoms with Gasteiger partial charge in [-0.3, -0.25) is 9.59 Å². The van der Waals surface area contributed by atoms with Gasteiger partial charge in [-0.05, 0) is 37.1 Å². The van der Waals surface area contributed by atoms with E-state index >= 15 is 0 Å². The summed E-state index contributed by atoms with van der Waals surface area (Å²) in [6.07, 6.45) is 0.724. The van der Waals surface area contributed by atoms with Gasteiger partial charge in [-0.25, -0.2) is 8.42 Å². The Kier molecular flexibility index (Phi) is 6.38. The first-order valence-electron chi connectivity index (χ1n) is 7.87. The van der Waals surface area contributed by atoms with Gasteiger partial charge in [0.1, 0.15) is 5.75 Å². The molecular weight excluding hydrogens is 350 g/mol. The highest BCUT2D eigenvalue weighted by molar-refractivity contribution is 7.89. The second-order valence-electron chi connectivity index (χ2n) is 5.66. The number of nitrogens with zero attached hydrogens (tertiary/aromatic N) is 1. The topological polar surface area (TPSA) is 110 Å². The van der Waals surface area contributed by atoms with Gasteiger partial charge in [-0.1, -0.05) is 0 Å². The summed E-state index contributed by atoms with van der Waals surface area (Å²) in [4.78, 5) is 22.1. The number of rotatable bonds is 7. The molecule has 0 atom stereocenters. The zero-order valence-electron chi connectivity index (χ0n) is 13.9. The van der Waals surface area contributed by atoms with Gasteiger partial charge in [0, 0.05) is 13.1 Å². The fourth-order valence-electron chi connectivity index (χ4n) is 2.55. The average Bonchev–Trinajstić information content (AvgIpc) is 2.62. The Morgan fingerprint density at radius 1 is 1.20 bits per heavy atom. The van der Waals surface area contributed by atoms with E-state index < -0.39 is 21.9 Å². The van der Waals surface area contributed by atoms with E-state index in [-0.39, 0.29) is 37.0 Å². The Labute approximate surface area is 146 Å². The van der Waals surface area contributed by atoms with Crippen LogP contribution >= 0.6 is 0 Å². The van der Waals surface area contributed by atoms with E-state index in [1.165, 1.54) is 35.7 Å². The number of esters is 1. The zero-order chi connectivity index (χ0) is 18.4. The van der Waals surface area contributed by atoms with Crippen LogP contribution < -0.4 is 4.74 Å². The highest BCUT2D eigenvalue weighted by Crippen LogP contribution is 2.25. The highest BCUT2D eigenvalue weighted by Gasteiger charge is 2.31. The summed E-state index contributed by atoms with van der Waals surface area (Å²) < 4.78 is 36.4. The van der Waals surface area contributed by atoms with Gasteiger partial charge in [0.25, 0.3) is 0 Å². The second-order valence-corrected chi connectivity index (χ2v) is 7.60. The van der Waals surface area contributed by atoms with Crippen LogP contribution in [0.4, 0.5) is 0 Å². The Bertz CT molecular complexity index is 707. The number of carbonyl (C=O) groups is 2. The van der Waals surface area contributed by atoms with Crippen LogP contribution in [0, 0.1) is 5.92 Å². The molecule has 25 heavy (non-hydrogen) atoms. The highest BCUT2D eigenvalue weighted by atomic mass is 32.2. The van der Waals surface area contributed by atoms with Crippen molar-refractivity contribution >= 4 is 22.0 Å². The first-order chi connectivity index (χ1) is 11.8. The SMILES string of the molecule is COC(=O)CCOc1ccc(S(=O)(=O)N2CCC(C(=O)O)CC2)cc1. The molecule has 0 unspecified atom stereocenters. The first-order valence-corrected chi connectivity index (χ1v) is 9.31. The van der Waals surface area contributed by atoms with Crippen molar-refractivity contribution in [2.45, 2.75) is 24.2 Å². The molecule has 1 aromatic carbocycles. The summed E-state index contributed by atoms with van der Waals surface area (Å²) in [5.74, 6) is -1.31. The molecule has 2 rings (SSSR count). The molecule has 8 nitrogen and oxygen atoms in total. The number of hydrogen-bond donors (Lipinski definition) is 1. The molecule has 138 valence electrons. The fourth-order valence-corrected chi connectivity index (χ4v) is 4.02. The molecule has 0 aliphatic carbocycles. The molecule has 0 bridgehead atoms. The number of carboxylic acid groups (broad SMARTS) is 1. The quantitative estimate of drug-likeness (QED) is 0.715. The van der Waals surface area contributed by atoms with Gasteiger partial charge in [0.2, 0.25) is 10.0 Å². The standard InChI is InChI=1S/C16H21NO7S/c1-23-15(18)8-11-24-13-2-4-14(5-3-13)25(21,22)17-9-6-12(7-10-17)16(19)20/h2-5,12H,6-11H2,1H3,(H,19,20). The summed E-state index contributed by atoms with van der Waals surface area (Å²) in [6.45, 7) is 0.523. The van der Waals surface area contributed by atoms with Crippen molar-refractivity contribution in [1.29, 1.82) is 0 Å². The number of carboxylic acids is 1. The van der Waals surface area contributed by atoms with Crippen molar-refractivity contribution in [3.05, 3.63) is 24.3 Å². The molecule has 1 heterocycles. The summed E-state index contributed by atoms with van der Waals surface area (Å²) in [5.41, 5.74) is 0. The van der Waals surface area contributed by atoms with Crippen molar-refractivity contribution in [3.8, 4) is 5.75 Å². The number of hydrogen-bond acceptors (Lipinski definition) is 6. The lowest BCUT2D eigenvalue weighted by molar-refractivity contribution is -0.143. The minimum atomic E-state index is -3.66. The van der Waals surface area contributed by atoms with Crippen molar-refractivity contribution < 1.29 is 32.6 Å². The molecule has 1 fully saturated rings. The summed E-state index contributed by atoms with van der Waals surface area (Å²) in [5, 5.41) is 8.99. The third kappa shape index (κ3) is 4.93. The van der Waals surface area contributed by atoms with Crippen LogP contribution in [0.15, 0.2) is 29.2 Å². The molecule has 1 aliphatic rings. The minimum absolute atomic E-state index is 0.106. The van der Waals surface area contributed by atoms with Crippen molar-refractivity contribution in [2.75, 3.05) is 26.8 Å². The smallest absolute Gasteiger partial charge is 0.308 e. The van der Waals surface area contributed by atoms with E-state index in [0.717, 1.165) is 0 Å². The number of benzene rings is 1. The van der Waals surface area contributed by atoms with Crippen LogP contribution in [0.5, 0.6) is 5.75 Å². The predicted molar refractivity (Wildman–Crippen MR) is 87.7 cm³/mol. The van der Waals surface area contributed by atoms with Crippen LogP contribution in [0.1, 0.15) is 19.3 Å². The van der Waals surface area contributed by atoms with E-state index in [9.17, 15) is 18.0 Å². The van der Waals surface area contributed by atoms with Crippen LogP contribution in [0.25, 0.3) is 0 Å². The summed E-state index contributed by atoms with van der Waals surface area (Å²) in [7, 11) is -2.36. The lowest BCUT2D eigenvalue weighted by atomic mass is 9.99. The number of carbonyl (C=O) groups excluding carboxylic acids is 1. The molecule has 0 aromatic heterocycles. The maximum absolute atomic E-state index is 12.6. The monoisotopic (exact) mass is 371 g/mol. The molecule has 9 heteroatoms. The van der Waals surface area contributed by atoms with Crippen LogP contribution in [0.2, 0.25) is 0 Å². The van der Waals surface area contributed by atoms with E-state index in [4.69, 9.17) is 9.84 Å². The van der Waals surface area contributed by atoms with Crippen LogP contribution in [0.3, 0.4) is 0 Å². The normalized spacial score (nSPS) is 16.4. The predicted octanol–water partition coefficient (Wildman–Crippen LogP) is 1.11. The van der Waals surface area contributed by atoms with E-state index in [0.29, 0.717) is 18.6 Å². The Morgan fingerprint density at radius 2 is 1.80 bits per heavy atom. The van der Waals surface area contributed by atoms with E-state index in [1.807, 2.05) is 0 Å². The Morgan fingerprint density at radius 3 is 2.32 bits per heavy atom. The molecular formula is C16H21NO7S. The van der Waals surface area contributed by atoms with Gasteiger partial charge in [-0.15, -0.1) is 0 Å². The molecule has 1 aromatic rings. The Balaban J connectivity index is 1.96. The van der Waals surface area contributed by atoms with Crippen LogP contribution in [-0.4, -0.2) is 56.6 Å². The summed E-state index contributed by atoms with van der Waals surface area (Å²) in [6, 6.07) is 5.92. The number of methoxy groups -OCH3 is 1. The molecule has 1 saturated heterocycles. The van der Waals surface area contributed by atoms with Gasteiger partial charge < -0.3 is 14.6 Å². The average molecular weight is 371 g/mol. The first kappa shape index (κ1) is 19.2. The molecule has 0 amide bonds. The van der Waals surface area contributed by atoms with Gasteiger partial charge in [0.15, 0.2) is 0 Å². The molecule has 1 aliphatic heterocycles. The maximum atomic E-state index is 12.6. The van der Waals surface area contributed by atoms with Crippen molar-refractivity contribution in [1.82, 2.24) is 4.31 Å². The van der Waals surface area contributed by atoms with E-state index in [1.54, 1.807) is 0 Å². The van der Waals surface area contributed by atoms with Crippen LogP contribution in [-0.2, 0) is 24.3 Å². The van der Waals surface area contributed by atoms with Crippen molar-refractivity contribution in [3.63, 3.8) is 0 Å². The Hall–Kier alpha value is -2.13. The maximum Gasteiger partial charge on any atom is 0.308 e. The fraction of sp³-hybridized carbons (Fsp3) is 0.500. The van der Waals surface area contributed by atoms with Gasteiger partial charge in [0.05, 0.1) is 31.0 Å².